The maximum absolute atomic E-state index is 12.2. The van der Waals surface area contributed by atoms with Crippen molar-refractivity contribution in [3.8, 4) is 0 Å². The van der Waals surface area contributed by atoms with Gasteiger partial charge in [-0.1, -0.05) is 13.8 Å². The van der Waals surface area contributed by atoms with Crippen LogP contribution in [-0.2, 0) is 6.54 Å². The van der Waals surface area contributed by atoms with Gasteiger partial charge in [-0.3, -0.25) is 9.36 Å². The molecule has 0 bridgehead atoms. The van der Waals surface area contributed by atoms with E-state index in [9.17, 15) is 4.79 Å². The molecule has 2 aromatic heterocycles. The summed E-state index contributed by atoms with van der Waals surface area (Å²) >= 11 is 1.50. The minimum Gasteiger partial charge on any atom is -0.298 e. The van der Waals surface area contributed by atoms with E-state index >= 15 is 0 Å². The van der Waals surface area contributed by atoms with E-state index in [0.717, 1.165) is 35.2 Å². The summed E-state index contributed by atoms with van der Waals surface area (Å²) in [5, 5.41) is 2.00. The number of nitrogens with zero attached hydrogens (tertiary/aromatic N) is 2. The molecule has 2 aromatic rings. The summed E-state index contributed by atoms with van der Waals surface area (Å²) in [6, 6.07) is 0. The molecule has 0 saturated carbocycles. The fourth-order valence-corrected chi connectivity index (χ4v) is 2.84. The highest BCUT2D eigenvalue weighted by atomic mass is 32.1. The van der Waals surface area contributed by atoms with Crippen molar-refractivity contribution < 1.29 is 0 Å². The lowest BCUT2D eigenvalue weighted by atomic mass is 10.1. The number of hydrogen-bond acceptors (Lipinski definition) is 3. The molecule has 0 aliphatic rings. The van der Waals surface area contributed by atoms with Gasteiger partial charge in [0.2, 0.25) is 0 Å². The largest absolute Gasteiger partial charge is 0.298 e. The van der Waals surface area contributed by atoms with Crippen LogP contribution >= 0.6 is 11.3 Å². The van der Waals surface area contributed by atoms with Crippen molar-refractivity contribution in [1.29, 1.82) is 0 Å². The van der Waals surface area contributed by atoms with E-state index in [1.807, 2.05) is 12.3 Å². The third kappa shape index (κ3) is 2.57. The minimum atomic E-state index is 0.108. The van der Waals surface area contributed by atoms with Gasteiger partial charge >= 0.3 is 0 Å². The molecule has 0 saturated heterocycles. The SMILES string of the molecule is Cc1csc2c(=O)n(CCCC(C)C)cnc12. The zero-order valence-corrected chi connectivity index (χ0v) is 11.4. The topological polar surface area (TPSA) is 34.9 Å². The lowest BCUT2D eigenvalue weighted by molar-refractivity contribution is 0.505. The summed E-state index contributed by atoms with van der Waals surface area (Å²) in [6.45, 7) is 7.17. The monoisotopic (exact) mass is 250 g/mol. The highest BCUT2D eigenvalue weighted by molar-refractivity contribution is 7.17. The first-order valence-electron chi connectivity index (χ1n) is 6.03. The molecular formula is C13H18N2OS. The van der Waals surface area contributed by atoms with Gasteiger partial charge in [0.25, 0.3) is 5.56 Å². The fraction of sp³-hybridized carbons (Fsp3) is 0.538. The summed E-state index contributed by atoms with van der Waals surface area (Å²) in [5.74, 6) is 0.686. The number of rotatable bonds is 4. The second-order valence-electron chi connectivity index (χ2n) is 4.88. The molecule has 0 aliphatic heterocycles. The van der Waals surface area contributed by atoms with Gasteiger partial charge in [0.1, 0.15) is 4.70 Å². The van der Waals surface area contributed by atoms with Crippen LogP contribution in [0.1, 0.15) is 32.3 Å². The third-order valence-electron chi connectivity index (χ3n) is 2.90. The molecule has 92 valence electrons. The molecule has 2 heterocycles. The normalized spacial score (nSPS) is 11.5. The molecule has 0 aliphatic carbocycles. The van der Waals surface area contributed by atoms with E-state index in [1.54, 1.807) is 10.9 Å². The van der Waals surface area contributed by atoms with Crippen LogP contribution in [-0.4, -0.2) is 9.55 Å². The van der Waals surface area contributed by atoms with Crippen molar-refractivity contribution in [1.82, 2.24) is 9.55 Å². The van der Waals surface area contributed by atoms with Crippen molar-refractivity contribution >= 4 is 21.6 Å². The van der Waals surface area contributed by atoms with E-state index in [-0.39, 0.29) is 5.56 Å². The molecule has 0 amide bonds. The summed E-state index contributed by atoms with van der Waals surface area (Å²) in [4.78, 5) is 16.5. The lowest BCUT2D eigenvalue weighted by Crippen LogP contribution is -2.20. The molecule has 17 heavy (non-hydrogen) atoms. The summed E-state index contributed by atoms with van der Waals surface area (Å²) in [6.07, 6.45) is 3.87. The first-order chi connectivity index (χ1) is 8.09. The smallest absolute Gasteiger partial charge is 0.271 e. The minimum absolute atomic E-state index is 0.108. The number of thiophene rings is 1. The number of fused-ring (bicyclic) bond motifs is 1. The van der Waals surface area contributed by atoms with Crippen molar-refractivity contribution in [3.63, 3.8) is 0 Å². The van der Waals surface area contributed by atoms with Crippen LogP contribution in [0.25, 0.3) is 10.2 Å². The van der Waals surface area contributed by atoms with Crippen LogP contribution in [0, 0.1) is 12.8 Å². The molecule has 3 nitrogen and oxygen atoms in total. The van der Waals surface area contributed by atoms with Gasteiger partial charge in [-0.05, 0) is 36.6 Å². The Labute approximate surface area is 105 Å². The average molecular weight is 250 g/mol. The molecule has 0 radical (unpaired) electrons. The van der Waals surface area contributed by atoms with Crippen LogP contribution in [0.2, 0.25) is 0 Å². The first kappa shape index (κ1) is 12.3. The van der Waals surface area contributed by atoms with Gasteiger partial charge in [-0.2, -0.15) is 0 Å². The zero-order valence-electron chi connectivity index (χ0n) is 10.6. The second-order valence-corrected chi connectivity index (χ2v) is 5.76. The van der Waals surface area contributed by atoms with Crippen LogP contribution in [0.15, 0.2) is 16.5 Å². The molecule has 0 N–H and O–H groups in total. The van der Waals surface area contributed by atoms with E-state index in [2.05, 4.69) is 18.8 Å². The Morgan fingerprint density at radius 2 is 2.24 bits per heavy atom. The van der Waals surface area contributed by atoms with Crippen molar-refractivity contribution in [2.45, 2.75) is 40.2 Å². The first-order valence-corrected chi connectivity index (χ1v) is 6.91. The van der Waals surface area contributed by atoms with E-state index in [1.165, 1.54) is 11.3 Å². The molecule has 0 spiro atoms. The number of hydrogen-bond donors (Lipinski definition) is 0. The van der Waals surface area contributed by atoms with Crippen molar-refractivity contribution in [3.05, 3.63) is 27.6 Å². The Kier molecular flexibility index (Phi) is 3.62. The predicted molar refractivity (Wildman–Crippen MR) is 72.7 cm³/mol. The Balaban J connectivity index is 2.24. The van der Waals surface area contributed by atoms with Gasteiger partial charge in [0, 0.05) is 6.54 Å². The average Bonchev–Trinajstić information content (AvgIpc) is 2.64. The maximum atomic E-state index is 12.2. The van der Waals surface area contributed by atoms with E-state index in [0.29, 0.717) is 5.92 Å². The van der Waals surface area contributed by atoms with E-state index in [4.69, 9.17) is 0 Å². The van der Waals surface area contributed by atoms with Gasteiger partial charge < -0.3 is 0 Å². The summed E-state index contributed by atoms with van der Waals surface area (Å²) in [5.41, 5.74) is 2.06. The third-order valence-corrected chi connectivity index (χ3v) is 3.98. The van der Waals surface area contributed by atoms with Crippen LogP contribution in [0.3, 0.4) is 0 Å². The number of aromatic nitrogens is 2. The van der Waals surface area contributed by atoms with Gasteiger partial charge in [0.15, 0.2) is 0 Å². The predicted octanol–water partition coefficient (Wildman–Crippen LogP) is 3.20. The van der Waals surface area contributed by atoms with Crippen molar-refractivity contribution in [2.24, 2.45) is 5.92 Å². The van der Waals surface area contributed by atoms with Gasteiger partial charge in [-0.15, -0.1) is 11.3 Å². The highest BCUT2D eigenvalue weighted by Crippen LogP contribution is 2.19. The zero-order chi connectivity index (χ0) is 12.4. The molecule has 0 fully saturated rings. The Hall–Kier alpha value is -1.16. The quantitative estimate of drug-likeness (QED) is 0.835. The van der Waals surface area contributed by atoms with Gasteiger partial charge in [0.05, 0.1) is 11.8 Å². The summed E-state index contributed by atoms with van der Waals surface area (Å²) in [7, 11) is 0. The standard InChI is InChI=1S/C13H18N2OS/c1-9(2)5-4-6-15-8-14-11-10(3)7-17-12(11)13(15)16/h7-9H,4-6H2,1-3H3. The fourth-order valence-electron chi connectivity index (χ4n) is 1.89. The molecule has 4 heteroatoms. The van der Waals surface area contributed by atoms with Crippen LogP contribution in [0.4, 0.5) is 0 Å². The second kappa shape index (κ2) is 5.00. The molecule has 0 atom stereocenters. The van der Waals surface area contributed by atoms with Crippen LogP contribution in [0.5, 0.6) is 0 Å². The number of aryl methyl sites for hydroxylation is 2. The molecule has 0 aromatic carbocycles. The highest BCUT2D eigenvalue weighted by Gasteiger charge is 2.08. The van der Waals surface area contributed by atoms with Crippen LogP contribution < -0.4 is 5.56 Å². The van der Waals surface area contributed by atoms with Crippen molar-refractivity contribution in [2.75, 3.05) is 0 Å². The Bertz CT molecular complexity index is 568. The molecule has 0 unspecified atom stereocenters. The summed E-state index contributed by atoms with van der Waals surface area (Å²) < 4.78 is 2.52. The maximum Gasteiger partial charge on any atom is 0.271 e. The van der Waals surface area contributed by atoms with E-state index < -0.39 is 0 Å². The molecular weight excluding hydrogens is 232 g/mol. The Morgan fingerprint density at radius 3 is 2.94 bits per heavy atom. The molecule has 2 rings (SSSR count). The Morgan fingerprint density at radius 1 is 1.47 bits per heavy atom. The van der Waals surface area contributed by atoms with Gasteiger partial charge in [-0.25, -0.2) is 4.98 Å². The lowest BCUT2D eigenvalue weighted by Gasteiger charge is -2.06.